The van der Waals surface area contributed by atoms with Crippen molar-refractivity contribution in [2.45, 2.75) is 5.16 Å². The maximum atomic E-state index is 12.1. The number of carbonyl (C=O) groups is 1. The molecule has 23 heavy (non-hydrogen) atoms. The minimum Gasteiger partial charge on any atom is -0.455 e. The fourth-order valence-electron chi connectivity index (χ4n) is 1.86. The summed E-state index contributed by atoms with van der Waals surface area (Å²) in [5.41, 5.74) is 0.625. The van der Waals surface area contributed by atoms with Crippen LogP contribution in [-0.2, 0) is 4.79 Å². The Morgan fingerprint density at radius 2 is 1.91 bits per heavy atom. The Morgan fingerprint density at radius 3 is 2.70 bits per heavy atom. The summed E-state index contributed by atoms with van der Waals surface area (Å²) in [6.45, 7) is 0. The van der Waals surface area contributed by atoms with Crippen molar-refractivity contribution < 1.29 is 9.53 Å². The molecule has 0 aliphatic heterocycles. The monoisotopic (exact) mass is 326 g/mol. The molecule has 0 saturated carbocycles. The van der Waals surface area contributed by atoms with Crippen molar-refractivity contribution in [2.75, 3.05) is 11.1 Å². The molecule has 0 radical (unpaired) electrons. The van der Waals surface area contributed by atoms with Crippen LogP contribution in [0.5, 0.6) is 11.5 Å². The summed E-state index contributed by atoms with van der Waals surface area (Å²) in [5.74, 6) is 1.40. The number of H-pyrrole nitrogens is 1. The molecule has 3 aromatic rings. The number of nitrogens with one attached hydrogen (secondary N) is 2. The summed E-state index contributed by atoms with van der Waals surface area (Å²) in [7, 11) is 0. The number of ether oxygens (including phenoxy) is 1. The van der Waals surface area contributed by atoms with Gasteiger partial charge in [-0.15, -0.1) is 0 Å². The number of hydrogen-bond donors (Lipinski definition) is 2. The van der Waals surface area contributed by atoms with E-state index >= 15 is 0 Å². The van der Waals surface area contributed by atoms with E-state index in [0.29, 0.717) is 22.3 Å². The second-order valence-corrected chi connectivity index (χ2v) is 5.50. The highest BCUT2D eigenvalue weighted by Crippen LogP contribution is 2.29. The lowest BCUT2D eigenvalue weighted by Crippen LogP contribution is -2.14. The van der Waals surface area contributed by atoms with Crippen molar-refractivity contribution >= 4 is 23.4 Å². The molecule has 1 aromatic heterocycles. The first kappa shape index (κ1) is 15.1. The zero-order valence-electron chi connectivity index (χ0n) is 12.1. The fraction of sp³-hybridized carbons (Fsp3) is 0.0625. The molecule has 6 nitrogen and oxygen atoms in total. The van der Waals surface area contributed by atoms with E-state index in [2.05, 4.69) is 20.5 Å². The Balaban J connectivity index is 1.64. The van der Waals surface area contributed by atoms with Gasteiger partial charge in [0.15, 0.2) is 10.9 Å². The third-order valence-electron chi connectivity index (χ3n) is 2.87. The number of nitrogens with zero attached hydrogens (tertiary/aromatic N) is 2. The van der Waals surface area contributed by atoms with Crippen LogP contribution in [0.3, 0.4) is 0 Å². The Morgan fingerprint density at radius 1 is 1.13 bits per heavy atom. The molecule has 3 rings (SSSR count). The predicted molar refractivity (Wildman–Crippen MR) is 88.7 cm³/mol. The van der Waals surface area contributed by atoms with Crippen molar-refractivity contribution in [3.05, 3.63) is 60.9 Å². The molecule has 0 spiro atoms. The maximum Gasteiger partial charge on any atom is 0.234 e. The van der Waals surface area contributed by atoms with Gasteiger partial charge in [-0.3, -0.25) is 9.89 Å². The van der Waals surface area contributed by atoms with Crippen molar-refractivity contribution in [3.8, 4) is 11.5 Å². The average molecular weight is 326 g/mol. The average Bonchev–Trinajstić information content (AvgIpc) is 3.09. The van der Waals surface area contributed by atoms with E-state index in [1.165, 1.54) is 18.1 Å². The minimum atomic E-state index is -0.143. The molecule has 0 atom stereocenters. The third kappa shape index (κ3) is 4.33. The first-order chi connectivity index (χ1) is 11.3. The fourth-order valence-corrected chi connectivity index (χ4v) is 2.44. The highest BCUT2D eigenvalue weighted by atomic mass is 32.2. The molecule has 0 aliphatic rings. The van der Waals surface area contributed by atoms with Gasteiger partial charge in [0.2, 0.25) is 5.91 Å². The molecular formula is C16H14N4O2S. The number of para-hydroxylation sites is 3. The first-order valence-corrected chi connectivity index (χ1v) is 7.90. The molecule has 116 valence electrons. The van der Waals surface area contributed by atoms with E-state index in [1.54, 1.807) is 6.07 Å². The van der Waals surface area contributed by atoms with E-state index in [1.807, 2.05) is 48.5 Å². The first-order valence-electron chi connectivity index (χ1n) is 6.91. The van der Waals surface area contributed by atoms with Crippen molar-refractivity contribution in [3.63, 3.8) is 0 Å². The van der Waals surface area contributed by atoms with Crippen LogP contribution in [0.1, 0.15) is 0 Å². The van der Waals surface area contributed by atoms with Crippen LogP contribution in [0.2, 0.25) is 0 Å². The van der Waals surface area contributed by atoms with Crippen LogP contribution in [0.4, 0.5) is 5.69 Å². The maximum absolute atomic E-state index is 12.1. The number of amides is 1. The van der Waals surface area contributed by atoms with Gasteiger partial charge in [-0.05, 0) is 24.3 Å². The van der Waals surface area contributed by atoms with E-state index in [0.717, 1.165) is 0 Å². The Kier molecular flexibility index (Phi) is 4.90. The topological polar surface area (TPSA) is 79.9 Å². The SMILES string of the molecule is O=C(CSc1ncn[nH]1)Nc1ccccc1Oc1ccccc1. The van der Waals surface area contributed by atoms with Gasteiger partial charge in [-0.25, -0.2) is 4.98 Å². The largest absolute Gasteiger partial charge is 0.455 e. The Bertz CT molecular complexity index is 763. The molecule has 7 heteroatoms. The molecule has 2 N–H and O–H groups in total. The molecule has 0 saturated heterocycles. The molecule has 0 bridgehead atoms. The van der Waals surface area contributed by atoms with Crippen molar-refractivity contribution in [1.82, 2.24) is 15.2 Å². The number of aromatic amines is 1. The summed E-state index contributed by atoms with van der Waals surface area (Å²) in [6, 6.07) is 16.7. The number of carbonyl (C=O) groups excluding carboxylic acids is 1. The number of anilines is 1. The minimum absolute atomic E-state index is 0.143. The highest BCUT2D eigenvalue weighted by Gasteiger charge is 2.09. The number of aromatic nitrogens is 3. The molecule has 0 aliphatic carbocycles. The predicted octanol–water partition coefficient (Wildman–Crippen LogP) is 3.33. The molecular weight excluding hydrogens is 312 g/mol. The number of hydrogen-bond acceptors (Lipinski definition) is 5. The summed E-state index contributed by atoms with van der Waals surface area (Å²) in [4.78, 5) is 16.0. The van der Waals surface area contributed by atoms with Gasteiger partial charge < -0.3 is 10.1 Å². The van der Waals surface area contributed by atoms with Gasteiger partial charge in [0.25, 0.3) is 0 Å². The van der Waals surface area contributed by atoms with Crippen LogP contribution < -0.4 is 10.1 Å². The zero-order valence-corrected chi connectivity index (χ0v) is 12.9. The van der Waals surface area contributed by atoms with Gasteiger partial charge in [-0.2, -0.15) is 5.10 Å². The summed E-state index contributed by atoms with van der Waals surface area (Å²) in [5, 5.41) is 9.89. The van der Waals surface area contributed by atoms with Crippen LogP contribution in [-0.4, -0.2) is 26.8 Å². The summed E-state index contributed by atoms with van der Waals surface area (Å²) >= 11 is 1.28. The zero-order chi connectivity index (χ0) is 15.9. The Labute approximate surface area is 137 Å². The third-order valence-corrected chi connectivity index (χ3v) is 3.74. The van der Waals surface area contributed by atoms with Crippen molar-refractivity contribution in [2.24, 2.45) is 0 Å². The van der Waals surface area contributed by atoms with Crippen LogP contribution in [0.15, 0.2) is 66.1 Å². The smallest absolute Gasteiger partial charge is 0.234 e. The number of thioether (sulfide) groups is 1. The quantitative estimate of drug-likeness (QED) is 0.679. The van der Waals surface area contributed by atoms with E-state index in [4.69, 9.17) is 4.74 Å². The summed E-state index contributed by atoms with van der Waals surface area (Å²) < 4.78 is 5.81. The highest BCUT2D eigenvalue weighted by molar-refractivity contribution is 7.99. The van der Waals surface area contributed by atoms with Gasteiger partial charge in [0.05, 0.1) is 11.4 Å². The van der Waals surface area contributed by atoms with Crippen molar-refractivity contribution in [1.29, 1.82) is 0 Å². The standard InChI is InChI=1S/C16H14N4O2S/c21-15(10-23-16-17-11-18-20-16)19-13-8-4-5-9-14(13)22-12-6-2-1-3-7-12/h1-9,11H,10H2,(H,19,21)(H,17,18,20). The van der Waals surface area contributed by atoms with Crippen LogP contribution in [0.25, 0.3) is 0 Å². The van der Waals surface area contributed by atoms with Gasteiger partial charge in [0.1, 0.15) is 12.1 Å². The molecule has 2 aromatic carbocycles. The lowest BCUT2D eigenvalue weighted by atomic mass is 10.3. The molecule has 1 amide bonds. The van der Waals surface area contributed by atoms with E-state index < -0.39 is 0 Å². The lowest BCUT2D eigenvalue weighted by Gasteiger charge is -2.11. The van der Waals surface area contributed by atoms with Crippen LogP contribution >= 0.6 is 11.8 Å². The number of benzene rings is 2. The molecule has 1 heterocycles. The normalized spacial score (nSPS) is 10.3. The van der Waals surface area contributed by atoms with Gasteiger partial charge in [0, 0.05) is 0 Å². The molecule has 0 fully saturated rings. The second kappa shape index (κ2) is 7.46. The van der Waals surface area contributed by atoms with E-state index in [9.17, 15) is 4.79 Å². The van der Waals surface area contributed by atoms with Gasteiger partial charge in [-0.1, -0.05) is 42.1 Å². The van der Waals surface area contributed by atoms with Crippen LogP contribution in [0, 0.1) is 0 Å². The lowest BCUT2D eigenvalue weighted by molar-refractivity contribution is -0.113. The number of rotatable bonds is 6. The van der Waals surface area contributed by atoms with E-state index in [-0.39, 0.29) is 11.7 Å². The second-order valence-electron chi connectivity index (χ2n) is 4.54. The van der Waals surface area contributed by atoms with Gasteiger partial charge >= 0.3 is 0 Å². The Hall–Kier alpha value is -2.80. The summed E-state index contributed by atoms with van der Waals surface area (Å²) in [6.07, 6.45) is 1.41. The molecule has 0 unspecified atom stereocenters.